The molecular weight excluding hydrogens is 390 g/mol. The molecule has 1 saturated heterocycles. The van der Waals surface area contributed by atoms with E-state index in [2.05, 4.69) is 21.2 Å². The monoisotopic (exact) mass is 413 g/mol. The van der Waals surface area contributed by atoms with Gasteiger partial charge in [-0.1, -0.05) is 46.3 Å². The molecule has 0 unspecified atom stereocenters. The lowest BCUT2D eigenvalue weighted by Gasteiger charge is -2.26. The van der Waals surface area contributed by atoms with E-state index in [1.807, 2.05) is 30.3 Å². The molecule has 0 aromatic heterocycles. The van der Waals surface area contributed by atoms with Gasteiger partial charge in [0.1, 0.15) is 16.5 Å². The van der Waals surface area contributed by atoms with Crippen molar-refractivity contribution in [2.24, 2.45) is 0 Å². The van der Waals surface area contributed by atoms with E-state index in [4.69, 9.17) is 14.2 Å². The fourth-order valence-electron chi connectivity index (χ4n) is 2.40. The van der Waals surface area contributed by atoms with Crippen molar-refractivity contribution in [1.82, 2.24) is 5.32 Å². The van der Waals surface area contributed by atoms with Crippen LogP contribution in [0.3, 0.4) is 0 Å². The number of rotatable bonds is 6. The number of alkyl halides is 1. The molecule has 1 amide bonds. The van der Waals surface area contributed by atoms with Crippen LogP contribution in [0.5, 0.6) is 0 Å². The topological polar surface area (TPSA) is 73.9 Å². The zero-order valence-corrected chi connectivity index (χ0v) is 16.2. The molecule has 0 bridgehead atoms. The van der Waals surface area contributed by atoms with Gasteiger partial charge in [-0.2, -0.15) is 0 Å². The molecule has 1 aliphatic heterocycles. The molecule has 1 aromatic rings. The van der Waals surface area contributed by atoms with E-state index in [0.29, 0.717) is 13.0 Å². The minimum Gasteiger partial charge on any atom is -0.459 e. The van der Waals surface area contributed by atoms with Gasteiger partial charge in [-0.25, -0.2) is 4.79 Å². The van der Waals surface area contributed by atoms with Crippen molar-refractivity contribution in [3.8, 4) is 0 Å². The number of hydrogen-bond acceptors (Lipinski definition) is 5. The summed E-state index contributed by atoms with van der Waals surface area (Å²) in [4.78, 5) is 23.4. The van der Waals surface area contributed by atoms with Gasteiger partial charge in [0.05, 0.1) is 19.3 Å². The van der Waals surface area contributed by atoms with Crippen LogP contribution in [-0.2, 0) is 25.6 Å². The first-order valence-corrected chi connectivity index (χ1v) is 9.12. The predicted molar refractivity (Wildman–Crippen MR) is 96.5 cm³/mol. The van der Waals surface area contributed by atoms with Crippen molar-refractivity contribution in [2.45, 2.75) is 56.4 Å². The Kier molecular flexibility index (Phi) is 6.84. The Morgan fingerprint density at radius 2 is 2.04 bits per heavy atom. The Hall–Kier alpha value is -1.60. The summed E-state index contributed by atoms with van der Waals surface area (Å²) in [6.45, 7) is 5.99. The third-order valence-electron chi connectivity index (χ3n) is 3.52. The number of nitrogens with one attached hydrogen (secondary N) is 1. The largest absolute Gasteiger partial charge is 0.459 e. The predicted octanol–water partition coefficient (Wildman–Crippen LogP) is 3.18. The maximum Gasteiger partial charge on any atom is 0.408 e. The van der Waals surface area contributed by atoms with Gasteiger partial charge in [0.2, 0.25) is 0 Å². The zero-order valence-electron chi connectivity index (χ0n) is 14.7. The maximum absolute atomic E-state index is 12.1. The lowest BCUT2D eigenvalue weighted by molar-refractivity contribution is -0.142. The summed E-state index contributed by atoms with van der Waals surface area (Å²) in [6, 6.07) is 9.24. The molecule has 2 rings (SSSR count). The third kappa shape index (κ3) is 6.66. The van der Waals surface area contributed by atoms with Crippen molar-refractivity contribution in [2.75, 3.05) is 6.61 Å². The summed E-state index contributed by atoms with van der Waals surface area (Å²) < 4.78 is 16.3. The number of carbonyl (C=O) groups is 2. The van der Waals surface area contributed by atoms with Gasteiger partial charge in [-0.15, -0.1) is 0 Å². The summed E-state index contributed by atoms with van der Waals surface area (Å²) in [5, 5.41) is 2.76. The van der Waals surface area contributed by atoms with Crippen LogP contribution in [-0.4, -0.2) is 41.2 Å². The van der Waals surface area contributed by atoms with Crippen LogP contribution in [0, 0.1) is 0 Å². The van der Waals surface area contributed by atoms with Gasteiger partial charge in [0.25, 0.3) is 0 Å². The van der Waals surface area contributed by atoms with E-state index in [1.165, 1.54) is 0 Å². The molecule has 25 heavy (non-hydrogen) atoms. The quantitative estimate of drug-likeness (QED) is 0.572. The lowest BCUT2D eigenvalue weighted by atomic mass is 10.1. The number of benzene rings is 1. The molecule has 0 spiro atoms. The highest BCUT2D eigenvalue weighted by Crippen LogP contribution is 2.24. The van der Waals surface area contributed by atoms with Crippen molar-refractivity contribution >= 4 is 28.0 Å². The van der Waals surface area contributed by atoms with Gasteiger partial charge in [-0.3, -0.25) is 4.79 Å². The van der Waals surface area contributed by atoms with Gasteiger partial charge >= 0.3 is 12.1 Å². The molecule has 138 valence electrons. The second-order valence-corrected chi connectivity index (χ2v) is 8.04. The van der Waals surface area contributed by atoms with Gasteiger partial charge < -0.3 is 19.5 Å². The molecule has 1 aromatic carbocycles. The van der Waals surface area contributed by atoms with Gasteiger partial charge in [0.15, 0.2) is 0 Å². The first-order valence-electron chi connectivity index (χ1n) is 8.20. The Labute approximate surface area is 156 Å². The highest BCUT2D eigenvalue weighted by atomic mass is 79.9. The number of ether oxygens (including phenoxy) is 3. The molecule has 1 fully saturated rings. The Morgan fingerprint density at radius 1 is 1.36 bits per heavy atom. The van der Waals surface area contributed by atoms with Crippen LogP contribution in [0.4, 0.5) is 4.79 Å². The van der Waals surface area contributed by atoms with Gasteiger partial charge in [-0.05, 0) is 26.3 Å². The van der Waals surface area contributed by atoms with Crippen molar-refractivity contribution < 1.29 is 23.8 Å². The number of alkyl carbamates (subject to hydrolysis) is 1. The Balaban J connectivity index is 1.94. The average Bonchev–Trinajstić information content (AvgIpc) is 2.85. The van der Waals surface area contributed by atoms with Gasteiger partial charge in [0, 0.05) is 6.42 Å². The molecule has 0 aliphatic carbocycles. The molecule has 1 N–H and O–H groups in total. The number of hydrogen-bond donors (Lipinski definition) is 1. The standard InChI is InChI=1S/C18H24BrNO5/c1-18(2,3)25-17(22)20-14(15-9-13(19)16(21)24-15)11-23-10-12-7-5-4-6-8-12/h4-8,13-15H,9-11H2,1-3H3,(H,20,22)/t13-,14-,15+/m1/s1. The summed E-state index contributed by atoms with van der Waals surface area (Å²) >= 11 is 3.27. The molecule has 0 saturated carbocycles. The second kappa shape index (κ2) is 8.67. The minimum atomic E-state index is -0.607. The van der Waals surface area contributed by atoms with E-state index in [0.717, 1.165) is 5.56 Å². The van der Waals surface area contributed by atoms with E-state index in [9.17, 15) is 9.59 Å². The molecule has 6 nitrogen and oxygen atoms in total. The molecule has 7 heteroatoms. The molecular formula is C18H24BrNO5. The average molecular weight is 414 g/mol. The second-order valence-electron chi connectivity index (χ2n) is 6.93. The number of amides is 1. The Bertz CT molecular complexity index is 587. The van der Waals surface area contributed by atoms with E-state index in [-0.39, 0.29) is 17.4 Å². The maximum atomic E-state index is 12.1. The van der Waals surface area contributed by atoms with Crippen molar-refractivity contribution in [3.05, 3.63) is 35.9 Å². The third-order valence-corrected chi connectivity index (χ3v) is 4.27. The number of esters is 1. The summed E-state index contributed by atoms with van der Waals surface area (Å²) in [5.74, 6) is -0.330. The summed E-state index contributed by atoms with van der Waals surface area (Å²) in [5.41, 5.74) is 0.421. The van der Waals surface area contributed by atoms with Crippen LogP contribution in [0.1, 0.15) is 32.8 Å². The van der Waals surface area contributed by atoms with Crippen molar-refractivity contribution in [1.29, 1.82) is 0 Å². The van der Waals surface area contributed by atoms with Crippen LogP contribution in [0.2, 0.25) is 0 Å². The van der Waals surface area contributed by atoms with E-state index in [1.54, 1.807) is 20.8 Å². The molecule has 1 aliphatic rings. The molecule has 3 atom stereocenters. The summed E-state index contributed by atoms with van der Waals surface area (Å²) in [7, 11) is 0. The smallest absolute Gasteiger partial charge is 0.408 e. The molecule has 0 radical (unpaired) electrons. The SMILES string of the molecule is CC(C)(C)OC(=O)N[C@H](COCc1ccccc1)[C@@H]1C[C@@H](Br)C(=O)O1. The lowest BCUT2D eigenvalue weighted by Crippen LogP contribution is -2.48. The van der Waals surface area contributed by atoms with E-state index < -0.39 is 23.8 Å². The Morgan fingerprint density at radius 3 is 2.60 bits per heavy atom. The van der Waals surface area contributed by atoms with Crippen molar-refractivity contribution in [3.63, 3.8) is 0 Å². The highest BCUT2D eigenvalue weighted by molar-refractivity contribution is 9.10. The molecule has 1 heterocycles. The normalized spacial score (nSPS) is 21.5. The zero-order chi connectivity index (χ0) is 18.4. The van der Waals surface area contributed by atoms with E-state index >= 15 is 0 Å². The number of cyclic esters (lactones) is 1. The fourth-order valence-corrected chi connectivity index (χ4v) is 2.87. The number of carbonyl (C=O) groups excluding carboxylic acids is 2. The first-order chi connectivity index (χ1) is 11.7. The first kappa shape index (κ1) is 19.7. The van der Waals surface area contributed by atoms with Crippen LogP contribution in [0.15, 0.2) is 30.3 Å². The minimum absolute atomic E-state index is 0.214. The van der Waals surface area contributed by atoms with Crippen LogP contribution in [0.25, 0.3) is 0 Å². The fraction of sp³-hybridized carbons (Fsp3) is 0.556. The van der Waals surface area contributed by atoms with Crippen LogP contribution < -0.4 is 5.32 Å². The van der Waals surface area contributed by atoms with Crippen LogP contribution >= 0.6 is 15.9 Å². The number of halogens is 1. The highest BCUT2D eigenvalue weighted by Gasteiger charge is 2.38. The summed E-state index contributed by atoms with van der Waals surface area (Å²) in [6.07, 6.45) is -0.552.